The Labute approximate surface area is 117 Å². The highest BCUT2D eigenvalue weighted by atomic mass is 15.2. The quantitative estimate of drug-likeness (QED) is 0.855. The number of rotatable bonds is 2. The summed E-state index contributed by atoms with van der Waals surface area (Å²) in [4.78, 5) is 2.71. The van der Waals surface area contributed by atoms with Gasteiger partial charge in [-0.2, -0.15) is 0 Å². The van der Waals surface area contributed by atoms with Gasteiger partial charge in [-0.25, -0.2) is 0 Å². The largest absolute Gasteiger partial charge is 0.385 e. The van der Waals surface area contributed by atoms with E-state index in [0.717, 1.165) is 12.6 Å². The van der Waals surface area contributed by atoms with E-state index in [0.29, 0.717) is 0 Å². The fourth-order valence-electron chi connectivity index (χ4n) is 3.68. The van der Waals surface area contributed by atoms with Crippen LogP contribution in [0.2, 0.25) is 0 Å². The Balaban J connectivity index is 1.95. The number of anilines is 2. The maximum atomic E-state index is 3.56. The Kier molecular flexibility index (Phi) is 3.95. The SMILES string of the molecule is CCC1CCCCCN1c1cccc2c1CCCN2. The van der Waals surface area contributed by atoms with Crippen LogP contribution in [0.4, 0.5) is 11.4 Å². The van der Waals surface area contributed by atoms with E-state index in [1.54, 1.807) is 5.56 Å². The fraction of sp³-hybridized carbons (Fsp3) is 0.647. The van der Waals surface area contributed by atoms with Gasteiger partial charge in [-0.3, -0.25) is 0 Å². The normalized spacial score (nSPS) is 23.4. The second-order valence-corrected chi connectivity index (χ2v) is 5.94. The molecule has 0 bridgehead atoms. The molecule has 1 unspecified atom stereocenters. The van der Waals surface area contributed by atoms with Crippen molar-refractivity contribution in [3.8, 4) is 0 Å². The van der Waals surface area contributed by atoms with Crippen molar-refractivity contribution in [3.63, 3.8) is 0 Å². The van der Waals surface area contributed by atoms with Crippen LogP contribution in [0, 0.1) is 0 Å². The molecule has 2 aliphatic rings. The summed E-state index contributed by atoms with van der Waals surface area (Å²) in [5.41, 5.74) is 4.45. The third-order valence-corrected chi connectivity index (χ3v) is 4.73. The van der Waals surface area contributed by atoms with Gasteiger partial charge in [-0.15, -0.1) is 0 Å². The molecule has 0 aliphatic carbocycles. The van der Waals surface area contributed by atoms with Crippen molar-refractivity contribution in [1.82, 2.24) is 0 Å². The highest BCUT2D eigenvalue weighted by Gasteiger charge is 2.23. The topological polar surface area (TPSA) is 15.3 Å². The van der Waals surface area contributed by atoms with E-state index in [9.17, 15) is 0 Å². The first-order valence-electron chi connectivity index (χ1n) is 8.02. The first-order chi connectivity index (χ1) is 9.40. The number of hydrogen-bond donors (Lipinski definition) is 1. The lowest BCUT2D eigenvalue weighted by Crippen LogP contribution is -2.35. The summed E-state index contributed by atoms with van der Waals surface area (Å²) >= 11 is 0. The minimum absolute atomic E-state index is 0.746. The molecular weight excluding hydrogens is 232 g/mol. The first kappa shape index (κ1) is 12.8. The molecular formula is C17H26N2. The Bertz CT molecular complexity index is 427. The van der Waals surface area contributed by atoms with Crippen LogP contribution in [0.1, 0.15) is 51.0 Å². The Morgan fingerprint density at radius 3 is 3.05 bits per heavy atom. The molecule has 19 heavy (non-hydrogen) atoms. The van der Waals surface area contributed by atoms with E-state index in [-0.39, 0.29) is 0 Å². The minimum Gasteiger partial charge on any atom is -0.385 e. The van der Waals surface area contributed by atoms with Crippen LogP contribution in [-0.2, 0) is 6.42 Å². The first-order valence-corrected chi connectivity index (χ1v) is 8.02. The monoisotopic (exact) mass is 258 g/mol. The molecule has 1 aromatic rings. The summed E-state index contributed by atoms with van der Waals surface area (Å²) in [5, 5.41) is 3.56. The third kappa shape index (κ3) is 2.58. The lowest BCUT2D eigenvalue weighted by Gasteiger charge is -2.35. The molecule has 3 rings (SSSR count). The summed E-state index contributed by atoms with van der Waals surface area (Å²) < 4.78 is 0. The van der Waals surface area contributed by atoms with Gasteiger partial charge in [0.25, 0.3) is 0 Å². The molecule has 2 nitrogen and oxygen atoms in total. The lowest BCUT2D eigenvalue weighted by molar-refractivity contribution is 0.554. The van der Waals surface area contributed by atoms with Crippen molar-refractivity contribution in [1.29, 1.82) is 0 Å². The average molecular weight is 258 g/mol. The average Bonchev–Trinajstić information content (AvgIpc) is 2.71. The Morgan fingerprint density at radius 1 is 1.21 bits per heavy atom. The second-order valence-electron chi connectivity index (χ2n) is 5.94. The van der Waals surface area contributed by atoms with E-state index in [1.165, 1.54) is 62.9 Å². The molecule has 2 aliphatic heterocycles. The zero-order valence-electron chi connectivity index (χ0n) is 12.1. The molecule has 0 saturated carbocycles. The van der Waals surface area contributed by atoms with Gasteiger partial charge >= 0.3 is 0 Å². The number of nitrogens with one attached hydrogen (secondary N) is 1. The molecule has 1 aromatic carbocycles. The van der Waals surface area contributed by atoms with Gasteiger partial charge in [0.05, 0.1) is 0 Å². The molecule has 0 spiro atoms. The van der Waals surface area contributed by atoms with Crippen LogP contribution >= 0.6 is 0 Å². The van der Waals surface area contributed by atoms with Gasteiger partial charge in [-0.05, 0) is 49.8 Å². The van der Waals surface area contributed by atoms with Gasteiger partial charge in [0.1, 0.15) is 0 Å². The zero-order valence-corrected chi connectivity index (χ0v) is 12.1. The predicted octanol–water partition coefficient (Wildman–Crippen LogP) is 4.20. The number of benzene rings is 1. The zero-order chi connectivity index (χ0) is 13.1. The predicted molar refractivity (Wildman–Crippen MR) is 83.1 cm³/mol. The maximum Gasteiger partial charge on any atom is 0.0422 e. The standard InChI is InChI=1S/C17H26N2/c1-2-14-8-4-3-5-13-19(14)17-11-6-10-16-15(17)9-7-12-18-16/h6,10-11,14,18H,2-5,7-9,12-13H2,1H3. The maximum absolute atomic E-state index is 3.56. The molecule has 0 amide bonds. The summed E-state index contributed by atoms with van der Waals surface area (Å²) in [5.74, 6) is 0. The second kappa shape index (κ2) is 5.85. The van der Waals surface area contributed by atoms with E-state index in [1.807, 2.05) is 0 Å². The van der Waals surface area contributed by atoms with E-state index in [4.69, 9.17) is 0 Å². The molecule has 1 atom stereocenters. The van der Waals surface area contributed by atoms with Crippen molar-refractivity contribution < 1.29 is 0 Å². The van der Waals surface area contributed by atoms with Gasteiger partial charge in [-0.1, -0.05) is 25.8 Å². The van der Waals surface area contributed by atoms with E-state index in [2.05, 4.69) is 35.3 Å². The highest BCUT2D eigenvalue weighted by Crippen LogP contribution is 2.35. The van der Waals surface area contributed by atoms with Gasteiger partial charge in [0.15, 0.2) is 0 Å². The Hall–Kier alpha value is -1.18. The van der Waals surface area contributed by atoms with E-state index < -0.39 is 0 Å². The fourth-order valence-corrected chi connectivity index (χ4v) is 3.68. The Morgan fingerprint density at radius 2 is 2.16 bits per heavy atom. The molecule has 104 valence electrons. The number of nitrogens with zero attached hydrogens (tertiary/aromatic N) is 1. The van der Waals surface area contributed by atoms with E-state index >= 15 is 0 Å². The van der Waals surface area contributed by atoms with Gasteiger partial charge < -0.3 is 10.2 Å². The van der Waals surface area contributed by atoms with Crippen molar-refractivity contribution in [2.45, 2.75) is 57.9 Å². The third-order valence-electron chi connectivity index (χ3n) is 4.73. The highest BCUT2D eigenvalue weighted by molar-refractivity contribution is 5.68. The van der Waals surface area contributed by atoms with Crippen LogP contribution in [0.15, 0.2) is 18.2 Å². The summed E-state index contributed by atoms with van der Waals surface area (Å²) in [6, 6.07) is 7.57. The van der Waals surface area contributed by atoms with Crippen LogP contribution in [0.25, 0.3) is 0 Å². The number of hydrogen-bond acceptors (Lipinski definition) is 2. The van der Waals surface area contributed by atoms with Crippen molar-refractivity contribution in [2.75, 3.05) is 23.3 Å². The molecule has 1 saturated heterocycles. The smallest absolute Gasteiger partial charge is 0.0422 e. The van der Waals surface area contributed by atoms with Crippen molar-refractivity contribution >= 4 is 11.4 Å². The summed E-state index contributed by atoms with van der Waals surface area (Å²) in [7, 11) is 0. The molecule has 2 heterocycles. The summed E-state index contributed by atoms with van der Waals surface area (Å²) in [6.45, 7) is 4.72. The molecule has 0 aromatic heterocycles. The minimum atomic E-state index is 0.746. The van der Waals surface area contributed by atoms with Crippen LogP contribution in [0.3, 0.4) is 0 Å². The summed E-state index contributed by atoms with van der Waals surface area (Å²) in [6.07, 6.45) is 9.32. The molecule has 1 fully saturated rings. The van der Waals surface area contributed by atoms with Crippen LogP contribution in [-0.4, -0.2) is 19.1 Å². The molecule has 1 N–H and O–H groups in total. The van der Waals surface area contributed by atoms with Gasteiger partial charge in [0.2, 0.25) is 0 Å². The van der Waals surface area contributed by atoms with Gasteiger partial charge in [0, 0.05) is 30.5 Å². The van der Waals surface area contributed by atoms with Crippen molar-refractivity contribution in [2.24, 2.45) is 0 Å². The molecule has 2 heteroatoms. The number of fused-ring (bicyclic) bond motifs is 1. The lowest BCUT2D eigenvalue weighted by atomic mass is 9.99. The van der Waals surface area contributed by atoms with Crippen LogP contribution in [0.5, 0.6) is 0 Å². The molecule has 0 radical (unpaired) electrons. The van der Waals surface area contributed by atoms with Crippen molar-refractivity contribution in [3.05, 3.63) is 23.8 Å². The van der Waals surface area contributed by atoms with Crippen LogP contribution < -0.4 is 10.2 Å².